The summed E-state index contributed by atoms with van der Waals surface area (Å²) in [5.74, 6) is -8.82. The first-order chi connectivity index (χ1) is 20.4. The SMILES string of the molecule is CC(C)(C)OC(=O)C1=CC(=C2C3=C(C=C(N4CC(F)(F)C4)C=[C+]3)C(C)(C)c3cc(N4CC(F)(F)C4)ccc32)C(C(=O)[O-])C=C1. The number of aliphatic carboxylic acids is 1. The van der Waals surface area contributed by atoms with E-state index >= 15 is 0 Å². The summed E-state index contributed by atoms with van der Waals surface area (Å²) in [6.07, 6.45) is 10.9. The third kappa shape index (κ3) is 5.15. The second-order valence-electron chi connectivity index (χ2n) is 13.5. The molecule has 0 saturated carbocycles. The third-order valence-corrected chi connectivity index (χ3v) is 8.51. The Morgan fingerprint density at radius 2 is 1.64 bits per heavy atom. The first kappa shape index (κ1) is 29.9. The highest BCUT2D eigenvalue weighted by atomic mass is 19.3. The van der Waals surface area contributed by atoms with Crippen LogP contribution in [0.2, 0.25) is 0 Å². The summed E-state index contributed by atoms with van der Waals surface area (Å²) in [6.45, 7) is 7.36. The predicted molar refractivity (Wildman–Crippen MR) is 155 cm³/mol. The van der Waals surface area contributed by atoms with Crippen molar-refractivity contribution in [2.45, 2.75) is 57.5 Å². The van der Waals surface area contributed by atoms with Crippen molar-refractivity contribution in [3.63, 3.8) is 0 Å². The number of carboxylic acid groups (broad SMARTS) is 1. The quantitative estimate of drug-likeness (QED) is 0.275. The van der Waals surface area contributed by atoms with Gasteiger partial charge in [0.1, 0.15) is 11.3 Å². The number of esters is 1. The molecule has 10 heteroatoms. The Balaban J connectivity index is 1.56. The number of carbonyl (C=O) groups is 2. The van der Waals surface area contributed by atoms with E-state index in [0.717, 1.165) is 5.56 Å². The lowest BCUT2D eigenvalue weighted by Crippen LogP contribution is -2.56. The van der Waals surface area contributed by atoms with Crippen molar-refractivity contribution < 1.29 is 37.0 Å². The maximum atomic E-state index is 13.8. The number of fused-ring (bicyclic) bond motifs is 1. The van der Waals surface area contributed by atoms with Crippen LogP contribution in [0.4, 0.5) is 23.2 Å². The normalized spacial score (nSPS) is 26.0. The molecule has 0 amide bonds. The van der Waals surface area contributed by atoms with E-state index in [1.807, 2.05) is 19.9 Å². The summed E-state index contributed by atoms with van der Waals surface area (Å²) >= 11 is 0. The van der Waals surface area contributed by atoms with Crippen LogP contribution in [0.1, 0.15) is 45.7 Å². The van der Waals surface area contributed by atoms with Crippen LogP contribution in [-0.2, 0) is 19.7 Å². The predicted octanol–water partition coefficient (Wildman–Crippen LogP) is 4.90. The second kappa shape index (κ2) is 9.66. The smallest absolute Gasteiger partial charge is 0.338 e. The average Bonchev–Trinajstić information content (AvgIpc) is 2.89. The Hall–Kier alpha value is -4.17. The lowest BCUT2D eigenvalue weighted by Gasteiger charge is -2.42. The molecule has 0 N–H and O–H groups in total. The fourth-order valence-corrected chi connectivity index (χ4v) is 6.31. The van der Waals surface area contributed by atoms with Crippen molar-refractivity contribution in [2.24, 2.45) is 5.92 Å². The van der Waals surface area contributed by atoms with Crippen molar-refractivity contribution in [1.82, 2.24) is 4.90 Å². The zero-order valence-corrected chi connectivity index (χ0v) is 25.1. The number of allylic oxidation sites excluding steroid dienone is 7. The van der Waals surface area contributed by atoms with E-state index in [2.05, 4.69) is 6.08 Å². The highest BCUT2D eigenvalue weighted by Gasteiger charge is 2.50. The molecule has 2 saturated heterocycles. The van der Waals surface area contributed by atoms with Gasteiger partial charge in [-0.2, -0.15) is 0 Å². The molecule has 6 rings (SSSR count). The molecule has 230 valence electrons. The molecule has 5 aliphatic rings. The molecule has 2 fully saturated rings. The fraction of sp³-hybridized carbons (Fsp3) is 0.412. The largest absolute Gasteiger partial charge is 0.549 e. The highest BCUT2D eigenvalue weighted by molar-refractivity contribution is 5.99. The fourth-order valence-electron chi connectivity index (χ4n) is 6.31. The van der Waals surface area contributed by atoms with Gasteiger partial charge < -0.3 is 24.4 Å². The molecular formula is C34H32F4N2O4. The Morgan fingerprint density at radius 1 is 1.00 bits per heavy atom. The first-order valence-electron chi connectivity index (χ1n) is 14.4. The van der Waals surface area contributed by atoms with Gasteiger partial charge in [-0.1, -0.05) is 12.2 Å². The molecule has 0 aromatic heterocycles. The van der Waals surface area contributed by atoms with Crippen LogP contribution in [0, 0.1) is 12.0 Å². The summed E-state index contributed by atoms with van der Waals surface area (Å²) in [5.41, 5.74) is 3.12. The van der Waals surface area contributed by atoms with Gasteiger partial charge in [0.15, 0.2) is 5.57 Å². The van der Waals surface area contributed by atoms with Crippen molar-refractivity contribution in [2.75, 3.05) is 31.1 Å². The molecule has 1 aromatic rings. The molecule has 6 nitrogen and oxygen atoms in total. The third-order valence-electron chi connectivity index (χ3n) is 8.51. The van der Waals surface area contributed by atoms with Crippen LogP contribution in [0.25, 0.3) is 5.57 Å². The van der Waals surface area contributed by atoms with Crippen LogP contribution in [0.5, 0.6) is 0 Å². The molecule has 1 atom stereocenters. The van der Waals surface area contributed by atoms with Gasteiger partial charge in [-0.15, -0.1) is 0 Å². The number of anilines is 1. The molecule has 0 spiro atoms. The van der Waals surface area contributed by atoms with Crippen molar-refractivity contribution >= 4 is 23.2 Å². The van der Waals surface area contributed by atoms with E-state index in [-0.39, 0.29) is 11.1 Å². The van der Waals surface area contributed by atoms with E-state index in [9.17, 15) is 32.3 Å². The summed E-state index contributed by atoms with van der Waals surface area (Å²) in [7, 11) is 0. The van der Waals surface area contributed by atoms with Gasteiger partial charge in [0.2, 0.25) is 0 Å². The van der Waals surface area contributed by atoms with Crippen LogP contribution >= 0.6 is 0 Å². The van der Waals surface area contributed by atoms with Crippen LogP contribution < -0.4 is 10.0 Å². The molecule has 0 bridgehead atoms. The number of halogens is 4. The molecule has 2 heterocycles. The number of ether oxygens (including phenoxy) is 1. The topological polar surface area (TPSA) is 72.9 Å². The lowest BCUT2D eigenvalue weighted by molar-refractivity contribution is -0.308. The Labute approximate surface area is 253 Å². The van der Waals surface area contributed by atoms with Gasteiger partial charge in [0, 0.05) is 22.9 Å². The molecule has 3 aliphatic carbocycles. The number of carbonyl (C=O) groups excluding carboxylic acids is 2. The van der Waals surface area contributed by atoms with Crippen molar-refractivity contribution in [3.05, 3.63) is 93.8 Å². The first-order valence-corrected chi connectivity index (χ1v) is 14.4. The van der Waals surface area contributed by atoms with Gasteiger partial charge in [0.05, 0.1) is 72.4 Å². The molecule has 1 aromatic carbocycles. The summed E-state index contributed by atoms with van der Waals surface area (Å²) < 4.78 is 60.7. The number of alkyl halides is 4. The molecule has 1 unspecified atom stereocenters. The number of likely N-dealkylation sites (tertiary alicyclic amines) is 1. The van der Waals surface area contributed by atoms with Crippen molar-refractivity contribution in [3.8, 4) is 0 Å². The van der Waals surface area contributed by atoms with Gasteiger partial charge in [-0.3, -0.25) is 0 Å². The molecule has 2 aliphatic heterocycles. The van der Waals surface area contributed by atoms with E-state index < -0.39 is 66.9 Å². The van der Waals surface area contributed by atoms with E-state index in [4.69, 9.17) is 4.74 Å². The van der Waals surface area contributed by atoms with Crippen LogP contribution in [0.15, 0.2) is 76.6 Å². The van der Waals surface area contributed by atoms with Crippen LogP contribution in [-0.4, -0.2) is 60.5 Å². The van der Waals surface area contributed by atoms with Gasteiger partial charge in [-0.25, -0.2) is 22.4 Å². The Bertz CT molecular complexity index is 1650. The zero-order valence-electron chi connectivity index (χ0n) is 25.1. The summed E-state index contributed by atoms with van der Waals surface area (Å²) in [4.78, 5) is 28.6. The lowest BCUT2D eigenvalue weighted by atomic mass is 9.64. The number of nitrogens with zero attached hydrogens (tertiary/aromatic N) is 2. The van der Waals surface area contributed by atoms with Gasteiger partial charge in [-0.05, 0) is 64.5 Å². The highest BCUT2D eigenvalue weighted by Crippen LogP contribution is 2.52. The molecular weight excluding hydrogens is 576 g/mol. The van der Waals surface area contributed by atoms with E-state index in [1.54, 1.807) is 54.9 Å². The van der Waals surface area contributed by atoms with E-state index in [1.165, 1.54) is 18.2 Å². The number of rotatable bonds is 4. The number of carboxylic acids is 1. The number of hydrogen-bond donors (Lipinski definition) is 0. The monoisotopic (exact) mass is 608 g/mol. The standard InChI is InChI=1S/C34H32F4N2O4/c1-31(2,3)44-30(43)19-6-9-22(29(41)42)25(12-19)28-23-10-7-20(39-15-33(35,36)16-39)13-26(23)32(4,5)27-14-21(8-11-24(27)28)40-17-34(37,38)18-40/h6-10,12-14,22H,15-18H2,1-5H3. The van der Waals surface area contributed by atoms with Gasteiger partial charge in [0.25, 0.3) is 11.8 Å². The maximum absolute atomic E-state index is 13.8. The molecule has 0 radical (unpaired) electrons. The average molecular weight is 609 g/mol. The second-order valence-corrected chi connectivity index (χ2v) is 13.5. The Kier molecular flexibility index (Phi) is 6.56. The summed E-state index contributed by atoms with van der Waals surface area (Å²) in [6, 6.07) is 5.32. The maximum Gasteiger partial charge on any atom is 0.338 e. The summed E-state index contributed by atoms with van der Waals surface area (Å²) in [5, 5.41) is 12.5. The minimum Gasteiger partial charge on any atom is -0.549 e. The zero-order chi connectivity index (χ0) is 32.0. The minimum atomic E-state index is -2.79. The minimum absolute atomic E-state index is 0.145. The molecule has 44 heavy (non-hydrogen) atoms. The van der Waals surface area contributed by atoms with Crippen molar-refractivity contribution in [1.29, 1.82) is 0 Å². The van der Waals surface area contributed by atoms with E-state index in [0.29, 0.717) is 33.7 Å². The Morgan fingerprint density at radius 3 is 2.23 bits per heavy atom. The van der Waals surface area contributed by atoms with Crippen LogP contribution in [0.3, 0.4) is 0 Å². The number of hydrogen-bond acceptors (Lipinski definition) is 6. The number of benzene rings is 1. The van der Waals surface area contributed by atoms with Gasteiger partial charge >= 0.3 is 5.97 Å².